The molecule has 0 heterocycles. The number of ether oxygens (including phenoxy) is 10. The number of esters is 2. The first-order valence-electron chi connectivity index (χ1n) is 17.0. The van der Waals surface area contributed by atoms with Crippen LogP contribution in [0.4, 0.5) is 0 Å². The molecular weight excluding hydrogens is 660 g/mol. The molecule has 0 aliphatic carbocycles. The van der Waals surface area contributed by atoms with Crippen LogP contribution in [0.25, 0.3) is 0 Å². The summed E-state index contributed by atoms with van der Waals surface area (Å²) in [6, 6.07) is 15.7. The molecule has 0 saturated carbocycles. The van der Waals surface area contributed by atoms with Crippen molar-refractivity contribution in [2.75, 3.05) is 0 Å². The van der Waals surface area contributed by atoms with Gasteiger partial charge in [-0.3, -0.25) is 0 Å². The summed E-state index contributed by atoms with van der Waals surface area (Å²) < 4.78 is 56.2. The smallest absolute Gasteiger partial charge is 0.335 e. The highest BCUT2D eigenvalue weighted by Crippen LogP contribution is 2.34. The third-order valence-corrected chi connectivity index (χ3v) is 7.30. The molecule has 8 unspecified atom stereocenters. The average Bonchev–Trinajstić information content (AvgIpc) is 3.00. The predicted molar refractivity (Wildman–Crippen MR) is 190 cm³/mol. The second kappa shape index (κ2) is 20.3. The van der Waals surface area contributed by atoms with Crippen LogP contribution in [0.1, 0.15) is 94.2 Å². The van der Waals surface area contributed by atoms with Gasteiger partial charge in [-0.05, 0) is 105 Å². The van der Waals surface area contributed by atoms with Crippen molar-refractivity contribution >= 4 is 11.9 Å². The highest BCUT2D eigenvalue weighted by Gasteiger charge is 2.24. The Hall–Kier alpha value is -3.78. The van der Waals surface area contributed by atoms with Crippen molar-refractivity contribution in [3.05, 3.63) is 84.0 Å². The average molecular weight is 717 g/mol. The number of benzene rings is 2. The molecule has 2 aromatic rings. The van der Waals surface area contributed by atoms with Crippen LogP contribution in [0.5, 0.6) is 11.5 Å². The van der Waals surface area contributed by atoms with E-state index in [9.17, 15) is 9.59 Å². The molecule has 12 nitrogen and oxygen atoms in total. The summed E-state index contributed by atoms with van der Waals surface area (Å²) in [5.74, 6) is 0.196. The molecule has 284 valence electrons. The summed E-state index contributed by atoms with van der Waals surface area (Å²) in [4.78, 5) is 23.3. The molecule has 0 N–H and O–H groups in total. The third-order valence-electron chi connectivity index (χ3n) is 7.30. The Kier molecular flexibility index (Phi) is 17.3. The Bertz CT molecular complexity index is 1300. The molecule has 0 saturated heterocycles. The van der Waals surface area contributed by atoms with E-state index in [-0.39, 0.29) is 16.6 Å². The predicted octanol–water partition coefficient (Wildman–Crippen LogP) is 7.88. The minimum atomic E-state index is -0.813. The van der Waals surface area contributed by atoms with Crippen LogP contribution in [0.15, 0.2) is 72.8 Å². The first-order valence-corrected chi connectivity index (χ1v) is 17.0. The first kappa shape index (κ1) is 43.4. The van der Waals surface area contributed by atoms with E-state index in [4.69, 9.17) is 47.4 Å². The standard InChI is InChI=1S/C39H56O12/c1-23(2)37(40)50-31(11)46-27(7)42-25(5)44-29(9)48-35-19-15-33(16-20-35)39(13,14)34-17-21-36(22-18-34)49-30(10)45-26(6)43-28(8)47-32(12)51-38(41)24(3)4/h15-22,25-32H,1,3H2,2,4-14H3. The van der Waals surface area contributed by atoms with E-state index in [2.05, 4.69) is 27.0 Å². The van der Waals surface area contributed by atoms with Gasteiger partial charge in [0.05, 0.1) is 0 Å². The van der Waals surface area contributed by atoms with Crippen LogP contribution in [-0.2, 0) is 52.9 Å². The van der Waals surface area contributed by atoms with Crippen LogP contribution in [0.2, 0.25) is 0 Å². The summed E-state index contributed by atoms with van der Waals surface area (Å²) in [6.07, 6.45) is -5.57. The molecule has 0 fully saturated rings. The molecule has 0 spiro atoms. The molecule has 0 radical (unpaired) electrons. The van der Waals surface area contributed by atoms with E-state index in [1.54, 1.807) is 69.2 Å². The fraction of sp³-hybridized carbons (Fsp3) is 0.538. The molecule has 0 aliphatic rings. The van der Waals surface area contributed by atoms with Gasteiger partial charge in [0.1, 0.15) is 11.5 Å². The number of carbonyl (C=O) groups is 2. The van der Waals surface area contributed by atoms with E-state index in [1.807, 2.05) is 48.5 Å². The van der Waals surface area contributed by atoms with Gasteiger partial charge in [-0.2, -0.15) is 0 Å². The van der Waals surface area contributed by atoms with Crippen LogP contribution < -0.4 is 9.47 Å². The van der Waals surface area contributed by atoms with Crippen LogP contribution in [0.3, 0.4) is 0 Å². The molecule has 51 heavy (non-hydrogen) atoms. The maximum absolute atomic E-state index is 11.7. The fourth-order valence-corrected chi connectivity index (χ4v) is 4.81. The lowest BCUT2D eigenvalue weighted by Crippen LogP contribution is -2.31. The van der Waals surface area contributed by atoms with Gasteiger partial charge in [-0.25, -0.2) is 9.59 Å². The first-order chi connectivity index (χ1) is 23.8. The Morgan fingerprint density at radius 3 is 1.00 bits per heavy atom. The van der Waals surface area contributed by atoms with Gasteiger partial charge in [0.25, 0.3) is 0 Å². The molecule has 2 rings (SSSR count). The molecular formula is C39H56O12. The third kappa shape index (κ3) is 15.6. The molecule has 0 aromatic heterocycles. The molecule has 0 bridgehead atoms. The van der Waals surface area contributed by atoms with Crippen molar-refractivity contribution in [2.45, 2.75) is 139 Å². The Morgan fingerprint density at radius 1 is 0.471 bits per heavy atom. The van der Waals surface area contributed by atoms with Crippen molar-refractivity contribution < 1.29 is 57.0 Å². The second-order valence-corrected chi connectivity index (χ2v) is 12.6. The summed E-state index contributed by atoms with van der Waals surface area (Å²) in [7, 11) is 0. The second-order valence-electron chi connectivity index (χ2n) is 12.6. The molecule has 2 aromatic carbocycles. The minimum Gasteiger partial charge on any atom is -0.465 e. The topological polar surface area (TPSA) is 126 Å². The number of hydrogen-bond acceptors (Lipinski definition) is 12. The van der Waals surface area contributed by atoms with Gasteiger partial charge in [0.2, 0.25) is 12.6 Å². The van der Waals surface area contributed by atoms with Crippen molar-refractivity contribution in [1.82, 2.24) is 0 Å². The van der Waals surface area contributed by atoms with Crippen LogP contribution >= 0.6 is 0 Å². The van der Waals surface area contributed by atoms with Gasteiger partial charge in [-0.15, -0.1) is 0 Å². The van der Waals surface area contributed by atoms with E-state index in [0.717, 1.165) is 11.1 Å². The van der Waals surface area contributed by atoms with Crippen molar-refractivity contribution in [2.24, 2.45) is 0 Å². The lowest BCUT2D eigenvalue weighted by molar-refractivity contribution is -0.294. The Morgan fingerprint density at radius 2 is 0.725 bits per heavy atom. The summed E-state index contributed by atoms with van der Waals surface area (Å²) in [5, 5.41) is 0. The lowest BCUT2D eigenvalue weighted by Gasteiger charge is -2.27. The van der Waals surface area contributed by atoms with Crippen molar-refractivity contribution in [3.63, 3.8) is 0 Å². The van der Waals surface area contributed by atoms with E-state index in [0.29, 0.717) is 11.5 Å². The number of carbonyl (C=O) groups excluding carboxylic acids is 2. The Labute approximate surface area is 302 Å². The van der Waals surface area contributed by atoms with Crippen LogP contribution in [0, 0.1) is 0 Å². The molecule has 12 heteroatoms. The van der Waals surface area contributed by atoms with Gasteiger partial charge in [0, 0.05) is 16.6 Å². The van der Waals surface area contributed by atoms with Gasteiger partial charge in [-0.1, -0.05) is 51.3 Å². The minimum absolute atomic E-state index is 0.283. The highest BCUT2D eigenvalue weighted by atomic mass is 16.8. The molecule has 0 aliphatic heterocycles. The van der Waals surface area contributed by atoms with E-state index in [1.165, 1.54) is 0 Å². The zero-order valence-corrected chi connectivity index (χ0v) is 32.1. The SMILES string of the molecule is C=C(C)C(=O)OC(C)OC(C)OC(C)OC(C)Oc1ccc(C(C)(C)c2ccc(OC(C)OC(C)OC(C)OC(C)OC(=O)C(=C)C)cc2)cc1. The van der Waals surface area contributed by atoms with Gasteiger partial charge >= 0.3 is 11.9 Å². The summed E-state index contributed by atoms with van der Waals surface area (Å²) >= 11 is 0. The quantitative estimate of drug-likeness (QED) is 0.0668. The largest absolute Gasteiger partial charge is 0.465 e. The van der Waals surface area contributed by atoms with E-state index < -0.39 is 62.3 Å². The zero-order valence-electron chi connectivity index (χ0n) is 32.1. The zero-order chi connectivity index (χ0) is 38.5. The maximum Gasteiger partial charge on any atom is 0.335 e. The lowest BCUT2D eigenvalue weighted by atomic mass is 9.78. The highest BCUT2D eigenvalue weighted by molar-refractivity contribution is 5.87. The molecule has 0 amide bonds. The summed E-state index contributed by atoms with van der Waals surface area (Å²) in [5.41, 5.74) is 2.42. The normalized spacial score (nSPS) is 16.4. The fourth-order valence-electron chi connectivity index (χ4n) is 4.81. The van der Waals surface area contributed by atoms with Gasteiger partial charge < -0.3 is 47.4 Å². The van der Waals surface area contributed by atoms with Crippen molar-refractivity contribution in [1.29, 1.82) is 0 Å². The Balaban J connectivity index is 1.84. The van der Waals surface area contributed by atoms with Crippen LogP contribution in [-0.4, -0.2) is 62.3 Å². The van der Waals surface area contributed by atoms with Gasteiger partial charge in [0.15, 0.2) is 37.7 Å². The number of hydrogen-bond donors (Lipinski definition) is 0. The maximum atomic E-state index is 11.7. The van der Waals surface area contributed by atoms with Crippen molar-refractivity contribution in [3.8, 4) is 11.5 Å². The van der Waals surface area contributed by atoms with E-state index >= 15 is 0 Å². The molecule has 8 atom stereocenters. The summed E-state index contributed by atoms with van der Waals surface area (Å²) in [6.45, 7) is 28.0. The monoisotopic (exact) mass is 716 g/mol. The number of rotatable bonds is 22.